The van der Waals surface area contributed by atoms with E-state index in [9.17, 15) is 13.2 Å². The Labute approximate surface area is 92.1 Å². The zero-order chi connectivity index (χ0) is 11.0. The number of halogens is 4. The third-order valence-electron chi connectivity index (χ3n) is 2.00. The third-order valence-corrected chi connectivity index (χ3v) is 2.60. The topological polar surface area (TPSA) is 12.9 Å². The lowest BCUT2D eigenvalue weighted by atomic mass is 10.1. The highest BCUT2D eigenvalue weighted by molar-refractivity contribution is 9.10. The van der Waals surface area contributed by atoms with E-state index in [1.807, 2.05) is 0 Å². The van der Waals surface area contributed by atoms with Gasteiger partial charge in [-0.05, 0) is 34.1 Å². The summed E-state index contributed by atoms with van der Waals surface area (Å²) < 4.78 is 38.1. The molecule has 0 amide bonds. The van der Waals surface area contributed by atoms with Crippen LogP contribution in [0.3, 0.4) is 0 Å². The van der Waals surface area contributed by atoms with E-state index in [4.69, 9.17) is 0 Å². The molecule has 0 bridgehead atoms. The highest BCUT2D eigenvalue weighted by atomic mass is 79.9. The molecule has 1 aromatic carbocycles. The van der Waals surface area contributed by atoms with Crippen LogP contribution in [-0.2, 0) is 0 Å². The van der Waals surface area contributed by atoms with Crippen molar-refractivity contribution >= 4 is 26.8 Å². The number of alkyl halides is 2. The van der Waals surface area contributed by atoms with Crippen LogP contribution in [0.5, 0.6) is 0 Å². The van der Waals surface area contributed by atoms with Gasteiger partial charge in [-0.2, -0.15) is 0 Å². The Morgan fingerprint density at radius 2 is 1.93 bits per heavy atom. The van der Waals surface area contributed by atoms with Crippen molar-refractivity contribution in [2.24, 2.45) is 0 Å². The van der Waals surface area contributed by atoms with Gasteiger partial charge in [-0.1, -0.05) is 0 Å². The minimum absolute atomic E-state index is 0.204. The number of hydrogen-bond acceptors (Lipinski definition) is 1. The number of rotatable bonds is 1. The van der Waals surface area contributed by atoms with Crippen molar-refractivity contribution < 1.29 is 13.2 Å². The zero-order valence-corrected chi connectivity index (χ0v) is 8.93. The second-order valence-electron chi connectivity index (χ2n) is 3.03. The van der Waals surface area contributed by atoms with Gasteiger partial charge in [0.1, 0.15) is 5.82 Å². The van der Waals surface area contributed by atoms with E-state index in [1.165, 1.54) is 18.2 Å². The SMILES string of the molecule is Fc1cc2cc(C(F)F)cnc2cc1Br. The number of nitrogens with zero attached hydrogens (tertiary/aromatic N) is 1. The van der Waals surface area contributed by atoms with Crippen molar-refractivity contribution in [3.63, 3.8) is 0 Å². The Hall–Kier alpha value is -1.10. The molecular formula is C10H5BrF3N. The van der Waals surface area contributed by atoms with Gasteiger partial charge in [0.25, 0.3) is 6.43 Å². The minimum atomic E-state index is -2.59. The third kappa shape index (κ3) is 1.97. The van der Waals surface area contributed by atoms with Crippen molar-refractivity contribution in [1.82, 2.24) is 4.98 Å². The summed E-state index contributed by atoms with van der Waals surface area (Å²) in [5.74, 6) is -0.490. The van der Waals surface area contributed by atoms with Gasteiger partial charge >= 0.3 is 0 Å². The fourth-order valence-electron chi connectivity index (χ4n) is 1.26. The van der Waals surface area contributed by atoms with Gasteiger partial charge in [-0.15, -0.1) is 0 Å². The van der Waals surface area contributed by atoms with E-state index in [0.717, 1.165) is 6.20 Å². The van der Waals surface area contributed by atoms with E-state index in [0.29, 0.717) is 10.9 Å². The van der Waals surface area contributed by atoms with E-state index < -0.39 is 12.2 Å². The smallest absolute Gasteiger partial charge is 0.256 e. The molecule has 0 aliphatic carbocycles. The van der Waals surface area contributed by atoms with Crippen LogP contribution < -0.4 is 0 Å². The Kier molecular flexibility index (Phi) is 2.65. The molecule has 2 rings (SSSR count). The molecule has 0 atom stereocenters. The van der Waals surface area contributed by atoms with Crippen molar-refractivity contribution in [2.45, 2.75) is 6.43 Å². The summed E-state index contributed by atoms with van der Waals surface area (Å²) in [5, 5.41) is 0.369. The van der Waals surface area contributed by atoms with Gasteiger partial charge in [0, 0.05) is 17.1 Å². The summed E-state index contributed by atoms with van der Waals surface area (Å²) >= 11 is 3.00. The van der Waals surface area contributed by atoms with Crippen LogP contribution in [0.1, 0.15) is 12.0 Å². The molecule has 0 aliphatic heterocycles. The number of benzene rings is 1. The highest BCUT2D eigenvalue weighted by Gasteiger charge is 2.09. The molecule has 15 heavy (non-hydrogen) atoms. The normalized spacial score (nSPS) is 11.3. The first-order valence-corrected chi connectivity index (χ1v) is 4.90. The molecule has 0 N–H and O–H groups in total. The lowest BCUT2D eigenvalue weighted by Gasteiger charge is -2.03. The molecule has 78 valence electrons. The molecule has 0 saturated carbocycles. The van der Waals surface area contributed by atoms with Gasteiger partial charge in [-0.3, -0.25) is 4.98 Å². The van der Waals surface area contributed by atoms with E-state index in [-0.39, 0.29) is 10.0 Å². The van der Waals surface area contributed by atoms with E-state index in [2.05, 4.69) is 20.9 Å². The molecule has 5 heteroatoms. The Bertz CT molecular complexity index is 513. The van der Waals surface area contributed by atoms with Crippen molar-refractivity contribution in [1.29, 1.82) is 0 Å². The summed E-state index contributed by atoms with van der Waals surface area (Å²) in [7, 11) is 0. The van der Waals surface area contributed by atoms with Crippen molar-refractivity contribution in [3.05, 3.63) is 40.2 Å². The standard InChI is InChI=1S/C10H5BrF3N/c11-7-3-9-5(2-8(7)12)1-6(4-15-9)10(13)14/h1-4,10H. The second-order valence-corrected chi connectivity index (χ2v) is 3.88. The van der Waals surface area contributed by atoms with Gasteiger partial charge in [0.15, 0.2) is 0 Å². The Morgan fingerprint density at radius 1 is 1.20 bits per heavy atom. The number of aromatic nitrogens is 1. The minimum Gasteiger partial charge on any atom is -0.256 e. The monoisotopic (exact) mass is 275 g/mol. The molecule has 0 aliphatic rings. The van der Waals surface area contributed by atoms with Crippen LogP contribution in [0.2, 0.25) is 0 Å². The maximum absolute atomic E-state index is 13.1. The lowest BCUT2D eigenvalue weighted by Crippen LogP contribution is -1.88. The summed E-state index contributed by atoms with van der Waals surface area (Å²) in [6.07, 6.45) is -1.49. The predicted octanol–water partition coefficient (Wildman–Crippen LogP) is 4.07. The molecule has 0 radical (unpaired) electrons. The number of fused-ring (bicyclic) bond motifs is 1. The van der Waals surface area contributed by atoms with Gasteiger partial charge in [-0.25, -0.2) is 13.2 Å². The average Bonchev–Trinajstić information content (AvgIpc) is 2.19. The number of pyridine rings is 1. The van der Waals surface area contributed by atoms with Crippen LogP contribution >= 0.6 is 15.9 Å². The van der Waals surface area contributed by atoms with Crippen LogP contribution in [0.15, 0.2) is 28.9 Å². The second kappa shape index (κ2) is 3.81. The van der Waals surface area contributed by atoms with Crippen LogP contribution in [0.25, 0.3) is 10.9 Å². The van der Waals surface area contributed by atoms with Crippen molar-refractivity contribution in [2.75, 3.05) is 0 Å². The Morgan fingerprint density at radius 3 is 2.60 bits per heavy atom. The summed E-state index contributed by atoms with van der Waals surface area (Å²) in [5.41, 5.74) is 0.275. The molecule has 1 aromatic heterocycles. The molecule has 0 saturated heterocycles. The molecule has 1 nitrogen and oxygen atoms in total. The first-order valence-electron chi connectivity index (χ1n) is 4.11. The molecule has 0 fully saturated rings. The van der Waals surface area contributed by atoms with Gasteiger partial charge in [0.05, 0.1) is 9.99 Å². The fourth-order valence-corrected chi connectivity index (χ4v) is 1.59. The average molecular weight is 276 g/mol. The quantitative estimate of drug-likeness (QED) is 0.765. The first-order chi connectivity index (χ1) is 7.08. The Balaban J connectivity index is 2.66. The van der Waals surface area contributed by atoms with Crippen LogP contribution in [0, 0.1) is 5.82 Å². The lowest BCUT2D eigenvalue weighted by molar-refractivity contribution is 0.151. The largest absolute Gasteiger partial charge is 0.265 e. The van der Waals surface area contributed by atoms with Crippen LogP contribution in [0.4, 0.5) is 13.2 Å². The summed E-state index contributed by atoms with van der Waals surface area (Å²) in [4.78, 5) is 3.83. The van der Waals surface area contributed by atoms with E-state index >= 15 is 0 Å². The summed E-state index contributed by atoms with van der Waals surface area (Å²) in [6.45, 7) is 0. The zero-order valence-electron chi connectivity index (χ0n) is 7.35. The van der Waals surface area contributed by atoms with Crippen molar-refractivity contribution in [3.8, 4) is 0 Å². The molecule has 0 spiro atoms. The van der Waals surface area contributed by atoms with E-state index in [1.54, 1.807) is 0 Å². The van der Waals surface area contributed by atoms with Crippen LogP contribution in [-0.4, -0.2) is 4.98 Å². The first kappa shape index (κ1) is 10.4. The van der Waals surface area contributed by atoms with Gasteiger partial charge < -0.3 is 0 Å². The molecular weight excluding hydrogens is 271 g/mol. The predicted molar refractivity (Wildman–Crippen MR) is 54.4 cm³/mol. The molecule has 2 aromatic rings. The summed E-state index contributed by atoms with van der Waals surface area (Å²) in [6, 6.07) is 3.88. The maximum Gasteiger partial charge on any atom is 0.265 e. The van der Waals surface area contributed by atoms with Gasteiger partial charge in [0.2, 0.25) is 0 Å². The maximum atomic E-state index is 13.1. The highest BCUT2D eigenvalue weighted by Crippen LogP contribution is 2.25. The molecule has 1 heterocycles. The number of hydrogen-bond donors (Lipinski definition) is 0. The fraction of sp³-hybridized carbons (Fsp3) is 0.100. The molecule has 0 unspecified atom stereocenters.